The van der Waals surface area contributed by atoms with Gasteiger partial charge in [0.1, 0.15) is 10.8 Å². The molecule has 0 fully saturated rings. The molecule has 14 heavy (non-hydrogen) atoms. The Morgan fingerprint density at radius 3 is 2.79 bits per heavy atom. The molecule has 0 unspecified atom stereocenters. The molecule has 1 heterocycles. The molecular formula is C9H12N2O2S. The van der Waals surface area contributed by atoms with Gasteiger partial charge in [0.05, 0.1) is 13.0 Å². The molecule has 1 N–H and O–H groups in total. The maximum Gasteiger partial charge on any atom is 0.227 e. The van der Waals surface area contributed by atoms with E-state index in [-0.39, 0.29) is 18.1 Å². The van der Waals surface area contributed by atoms with E-state index in [0.29, 0.717) is 6.54 Å². The summed E-state index contributed by atoms with van der Waals surface area (Å²) in [5.41, 5.74) is 0.950. The van der Waals surface area contributed by atoms with Gasteiger partial charge >= 0.3 is 0 Å². The van der Waals surface area contributed by atoms with Crippen molar-refractivity contribution in [2.75, 3.05) is 0 Å². The lowest BCUT2D eigenvalue weighted by Gasteiger charge is -1.99. The van der Waals surface area contributed by atoms with Crippen LogP contribution in [0.5, 0.6) is 0 Å². The summed E-state index contributed by atoms with van der Waals surface area (Å²) in [5.74, 6) is -0.372. The minimum atomic E-state index is -0.245. The lowest BCUT2D eigenvalue weighted by Crippen LogP contribution is -2.24. The summed E-state index contributed by atoms with van der Waals surface area (Å²) >= 11 is 1.50. The highest BCUT2D eigenvalue weighted by Crippen LogP contribution is 2.07. The van der Waals surface area contributed by atoms with Gasteiger partial charge < -0.3 is 5.32 Å². The van der Waals surface area contributed by atoms with E-state index >= 15 is 0 Å². The molecule has 0 saturated carbocycles. The Balaban J connectivity index is 2.34. The number of nitrogens with one attached hydrogen (secondary N) is 1. The van der Waals surface area contributed by atoms with Crippen LogP contribution in [0.3, 0.4) is 0 Å². The second kappa shape index (κ2) is 4.85. The van der Waals surface area contributed by atoms with Crippen molar-refractivity contribution in [2.24, 2.45) is 0 Å². The fourth-order valence-electron chi connectivity index (χ4n) is 0.947. The quantitative estimate of drug-likeness (QED) is 0.759. The van der Waals surface area contributed by atoms with E-state index in [2.05, 4.69) is 10.3 Å². The van der Waals surface area contributed by atoms with Crippen LogP contribution in [0, 0.1) is 6.92 Å². The third-order valence-electron chi connectivity index (χ3n) is 1.51. The molecule has 5 heteroatoms. The van der Waals surface area contributed by atoms with Crippen molar-refractivity contribution in [3.8, 4) is 0 Å². The Bertz CT molecular complexity index is 346. The first-order chi connectivity index (χ1) is 6.58. The largest absolute Gasteiger partial charge is 0.349 e. The standard InChI is InChI=1S/C9H12N2O2S/c1-6-5-14-9(11-6)4-10-8(13)3-7(2)12/h5H,3-4H2,1-2H3,(H,10,13). The van der Waals surface area contributed by atoms with Gasteiger partial charge in [0.15, 0.2) is 0 Å². The van der Waals surface area contributed by atoms with Crippen molar-refractivity contribution in [2.45, 2.75) is 26.8 Å². The minimum absolute atomic E-state index is 0.0512. The van der Waals surface area contributed by atoms with E-state index in [1.165, 1.54) is 18.3 Å². The lowest BCUT2D eigenvalue weighted by atomic mass is 10.3. The average Bonchev–Trinajstić information content (AvgIpc) is 2.47. The Labute approximate surface area is 86.4 Å². The topological polar surface area (TPSA) is 59.1 Å². The number of hydrogen-bond donors (Lipinski definition) is 1. The molecule has 1 amide bonds. The van der Waals surface area contributed by atoms with Crippen molar-refractivity contribution in [1.82, 2.24) is 10.3 Å². The molecule has 0 aliphatic rings. The van der Waals surface area contributed by atoms with Crippen LogP contribution >= 0.6 is 11.3 Å². The fraction of sp³-hybridized carbons (Fsp3) is 0.444. The smallest absolute Gasteiger partial charge is 0.227 e. The van der Waals surface area contributed by atoms with Crippen LogP contribution in [-0.2, 0) is 16.1 Å². The number of aryl methyl sites for hydroxylation is 1. The average molecular weight is 212 g/mol. The molecule has 0 spiro atoms. The van der Waals surface area contributed by atoms with Crippen LogP contribution in [0.1, 0.15) is 24.0 Å². The number of rotatable bonds is 4. The molecule has 1 aromatic heterocycles. The molecule has 1 rings (SSSR count). The van der Waals surface area contributed by atoms with Crippen LogP contribution in [0.4, 0.5) is 0 Å². The number of nitrogens with zero attached hydrogens (tertiary/aromatic N) is 1. The monoisotopic (exact) mass is 212 g/mol. The third kappa shape index (κ3) is 3.66. The van der Waals surface area contributed by atoms with E-state index < -0.39 is 0 Å². The number of ketones is 1. The normalized spacial score (nSPS) is 9.86. The predicted molar refractivity (Wildman–Crippen MR) is 54.0 cm³/mol. The molecule has 1 aromatic rings. The summed E-state index contributed by atoms with van der Waals surface area (Å²) in [5, 5.41) is 5.42. The summed E-state index contributed by atoms with van der Waals surface area (Å²) in [6, 6.07) is 0. The van der Waals surface area contributed by atoms with Gasteiger partial charge in [-0.15, -0.1) is 11.3 Å². The van der Waals surface area contributed by atoms with Crippen LogP contribution in [-0.4, -0.2) is 16.7 Å². The van der Waals surface area contributed by atoms with E-state index in [1.807, 2.05) is 12.3 Å². The zero-order valence-electron chi connectivity index (χ0n) is 8.16. The van der Waals surface area contributed by atoms with Crippen molar-refractivity contribution in [3.63, 3.8) is 0 Å². The van der Waals surface area contributed by atoms with Crippen LogP contribution in [0.15, 0.2) is 5.38 Å². The maximum absolute atomic E-state index is 11.1. The van der Waals surface area contributed by atoms with Crippen molar-refractivity contribution >= 4 is 23.0 Å². The summed E-state index contributed by atoms with van der Waals surface area (Å²) in [6.45, 7) is 3.70. The Morgan fingerprint density at radius 2 is 2.29 bits per heavy atom. The van der Waals surface area contributed by atoms with Gasteiger partial charge in [0.25, 0.3) is 0 Å². The first kappa shape index (κ1) is 10.8. The highest BCUT2D eigenvalue weighted by atomic mass is 32.1. The molecule has 4 nitrogen and oxygen atoms in total. The fourth-order valence-corrected chi connectivity index (χ4v) is 1.66. The van der Waals surface area contributed by atoms with Gasteiger partial charge in [-0.3, -0.25) is 9.59 Å². The lowest BCUT2D eigenvalue weighted by molar-refractivity contribution is -0.127. The molecular weight excluding hydrogens is 200 g/mol. The molecule has 0 saturated heterocycles. The summed E-state index contributed by atoms with van der Waals surface area (Å²) in [6.07, 6.45) is -0.0512. The number of hydrogen-bond acceptors (Lipinski definition) is 4. The first-order valence-electron chi connectivity index (χ1n) is 4.25. The summed E-state index contributed by atoms with van der Waals surface area (Å²) in [4.78, 5) is 25.9. The second-order valence-electron chi connectivity index (χ2n) is 3.04. The Kier molecular flexibility index (Phi) is 3.76. The molecule has 76 valence electrons. The Morgan fingerprint density at radius 1 is 1.57 bits per heavy atom. The van der Waals surface area contributed by atoms with E-state index in [0.717, 1.165) is 10.7 Å². The summed E-state index contributed by atoms with van der Waals surface area (Å²) in [7, 11) is 0. The SMILES string of the molecule is CC(=O)CC(=O)NCc1nc(C)cs1. The predicted octanol–water partition coefficient (Wildman–Crippen LogP) is 1.05. The molecule has 0 aliphatic heterocycles. The van der Waals surface area contributed by atoms with Crippen LogP contribution in [0.25, 0.3) is 0 Å². The third-order valence-corrected chi connectivity index (χ3v) is 2.48. The Hall–Kier alpha value is -1.23. The number of amides is 1. The van der Waals surface area contributed by atoms with E-state index in [1.54, 1.807) is 0 Å². The highest BCUT2D eigenvalue weighted by Gasteiger charge is 2.05. The van der Waals surface area contributed by atoms with Gasteiger partial charge in [0, 0.05) is 11.1 Å². The highest BCUT2D eigenvalue weighted by molar-refractivity contribution is 7.09. The van der Waals surface area contributed by atoms with Crippen molar-refractivity contribution in [3.05, 3.63) is 16.1 Å². The zero-order valence-corrected chi connectivity index (χ0v) is 8.98. The van der Waals surface area contributed by atoms with Gasteiger partial charge in [-0.25, -0.2) is 4.98 Å². The van der Waals surface area contributed by atoms with Gasteiger partial charge in [-0.2, -0.15) is 0 Å². The minimum Gasteiger partial charge on any atom is -0.349 e. The van der Waals surface area contributed by atoms with E-state index in [9.17, 15) is 9.59 Å². The number of Topliss-reactive ketones (excluding diaryl/α,β-unsaturated/α-hetero) is 1. The van der Waals surface area contributed by atoms with Crippen LogP contribution < -0.4 is 5.32 Å². The van der Waals surface area contributed by atoms with E-state index in [4.69, 9.17) is 0 Å². The number of aromatic nitrogens is 1. The van der Waals surface area contributed by atoms with Gasteiger partial charge in [-0.05, 0) is 13.8 Å². The number of carbonyl (C=O) groups is 2. The number of carbonyl (C=O) groups excluding carboxylic acids is 2. The number of thiazole rings is 1. The summed E-state index contributed by atoms with van der Waals surface area (Å²) < 4.78 is 0. The molecule has 0 radical (unpaired) electrons. The molecule has 0 bridgehead atoms. The van der Waals surface area contributed by atoms with Gasteiger partial charge in [-0.1, -0.05) is 0 Å². The van der Waals surface area contributed by atoms with Crippen molar-refractivity contribution < 1.29 is 9.59 Å². The molecule has 0 atom stereocenters. The van der Waals surface area contributed by atoms with Crippen molar-refractivity contribution in [1.29, 1.82) is 0 Å². The van der Waals surface area contributed by atoms with Gasteiger partial charge in [0.2, 0.25) is 5.91 Å². The first-order valence-corrected chi connectivity index (χ1v) is 5.13. The zero-order chi connectivity index (χ0) is 10.6. The molecule has 0 aromatic carbocycles. The molecule has 0 aliphatic carbocycles. The second-order valence-corrected chi connectivity index (χ2v) is 3.98. The maximum atomic E-state index is 11.1. The van der Waals surface area contributed by atoms with Crippen LogP contribution in [0.2, 0.25) is 0 Å².